The Morgan fingerprint density at radius 2 is 1.42 bits per heavy atom. The van der Waals surface area contributed by atoms with Gasteiger partial charge in [-0.05, 0) is 67.6 Å². The molecule has 0 aromatic carbocycles. The van der Waals surface area contributed by atoms with Crippen LogP contribution in [0.25, 0.3) is 0 Å². The van der Waals surface area contributed by atoms with Gasteiger partial charge in [-0.2, -0.15) is 22.0 Å². The third kappa shape index (κ3) is 1.86. The summed E-state index contributed by atoms with van der Waals surface area (Å²) in [7, 11) is 0. The van der Waals surface area contributed by atoms with Crippen LogP contribution in [0.2, 0.25) is 0 Å². The molecule has 9 unspecified atom stereocenters. The Balaban J connectivity index is 1.73. The quantitative estimate of drug-likeness (QED) is 0.451. The molecule has 0 aromatic heterocycles. The van der Waals surface area contributed by atoms with E-state index in [2.05, 4.69) is 0 Å². The molecular formula is C15H18F6O2S. The van der Waals surface area contributed by atoms with E-state index in [1.807, 2.05) is 0 Å². The van der Waals surface area contributed by atoms with E-state index in [9.17, 15) is 30.6 Å². The van der Waals surface area contributed by atoms with Gasteiger partial charge in [0.2, 0.25) is 11.1 Å². The van der Waals surface area contributed by atoms with E-state index in [4.69, 9.17) is 4.55 Å². The van der Waals surface area contributed by atoms with Crippen LogP contribution in [0.3, 0.4) is 0 Å². The lowest BCUT2D eigenvalue weighted by atomic mass is 9.64. The standard InChI is InChI=1S/C15H18F6O2S/c16-13(14(17,18)19,15(20,21)24(22)23)10-5-8-4-9(10)12-7-2-1-6(3-7)11(8)12/h6-12H,1-5H2,(H,22,23). The highest BCUT2D eigenvalue weighted by Crippen LogP contribution is 2.72. The molecule has 4 rings (SSSR count). The normalized spacial score (nSPS) is 47.7. The van der Waals surface area contributed by atoms with Crippen LogP contribution >= 0.6 is 0 Å². The lowest BCUT2D eigenvalue weighted by Gasteiger charge is -2.45. The molecule has 4 bridgehead atoms. The van der Waals surface area contributed by atoms with Crippen LogP contribution in [0.5, 0.6) is 0 Å². The number of hydrogen-bond donors (Lipinski definition) is 1. The summed E-state index contributed by atoms with van der Waals surface area (Å²) < 4.78 is 103. The minimum atomic E-state index is -5.89. The molecule has 0 saturated heterocycles. The first-order valence-electron chi connectivity index (χ1n) is 8.24. The van der Waals surface area contributed by atoms with E-state index in [0.29, 0.717) is 12.3 Å². The molecule has 4 aliphatic carbocycles. The molecule has 0 aliphatic heterocycles. The van der Waals surface area contributed by atoms with Crippen molar-refractivity contribution in [3.8, 4) is 0 Å². The van der Waals surface area contributed by atoms with E-state index < -0.39 is 40.0 Å². The second kappa shape index (κ2) is 4.90. The predicted octanol–water partition coefficient (Wildman–Crippen LogP) is 4.39. The average molecular weight is 376 g/mol. The fourth-order valence-corrected chi connectivity index (χ4v) is 7.26. The molecule has 0 amide bonds. The van der Waals surface area contributed by atoms with Crippen molar-refractivity contribution in [3.05, 3.63) is 0 Å². The molecular weight excluding hydrogens is 358 g/mol. The number of hydrogen-bond acceptors (Lipinski definition) is 1. The van der Waals surface area contributed by atoms with E-state index in [0.717, 1.165) is 19.3 Å². The van der Waals surface area contributed by atoms with Gasteiger partial charge in [0.25, 0.3) is 5.67 Å². The van der Waals surface area contributed by atoms with E-state index in [1.54, 1.807) is 0 Å². The topological polar surface area (TPSA) is 37.3 Å². The van der Waals surface area contributed by atoms with Crippen LogP contribution in [-0.4, -0.2) is 25.9 Å². The second-order valence-corrected chi connectivity index (χ2v) is 8.98. The van der Waals surface area contributed by atoms with Crippen LogP contribution in [0.4, 0.5) is 26.3 Å². The van der Waals surface area contributed by atoms with Crippen LogP contribution < -0.4 is 0 Å². The van der Waals surface area contributed by atoms with Crippen molar-refractivity contribution < 1.29 is 35.1 Å². The number of halogens is 6. The molecule has 2 nitrogen and oxygen atoms in total. The molecule has 4 saturated carbocycles. The van der Waals surface area contributed by atoms with Crippen LogP contribution in [-0.2, 0) is 11.1 Å². The molecule has 4 aliphatic rings. The first-order chi connectivity index (χ1) is 11.0. The summed E-state index contributed by atoms with van der Waals surface area (Å²) in [5, 5.41) is -5.37. The Morgan fingerprint density at radius 3 is 1.96 bits per heavy atom. The lowest BCUT2D eigenvalue weighted by Crippen LogP contribution is -2.63. The fourth-order valence-electron chi connectivity index (χ4n) is 6.74. The van der Waals surface area contributed by atoms with Crippen molar-refractivity contribution in [1.29, 1.82) is 0 Å². The van der Waals surface area contributed by atoms with Crippen molar-refractivity contribution in [2.45, 2.75) is 49.2 Å². The van der Waals surface area contributed by atoms with E-state index in [-0.39, 0.29) is 30.1 Å². The van der Waals surface area contributed by atoms with Gasteiger partial charge in [-0.15, -0.1) is 0 Å². The molecule has 4 fully saturated rings. The highest BCUT2D eigenvalue weighted by atomic mass is 32.2. The summed E-state index contributed by atoms with van der Waals surface area (Å²) in [6.45, 7) is 0. The summed E-state index contributed by atoms with van der Waals surface area (Å²) in [5.41, 5.74) is -4.95. The first-order valence-corrected chi connectivity index (χ1v) is 9.35. The van der Waals surface area contributed by atoms with Crippen LogP contribution in [0.1, 0.15) is 32.1 Å². The highest BCUT2D eigenvalue weighted by Gasteiger charge is 2.81. The maximum Gasteiger partial charge on any atom is 0.429 e. The first kappa shape index (κ1) is 17.1. The maximum absolute atomic E-state index is 15.0. The zero-order valence-electron chi connectivity index (χ0n) is 12.6. The van der Waals surface area contributed by atoms with Crippen molar-refractivity contribution in [1.82, 2.24) is 0 Å². The monoisotopic (exact) mass is 376 g/mol. The molecule has 24 heavy (non-hydrogen) atoms. The SMILES string of the molecule is O=S(O)C(F)(F)C(F)(C1CC2CC1C1C3CCC(C3)C21)C(F)(F)F. The molecule has 0 radical (unpaired) electrons. The van der Waals surface area contributed by atoms with Crippen molar-refractivity contribution >= 4 is 11.1 Å². The Labute approximate surface area is 137 Å². The van der Waals surface area contributed by atoms with Crippen molar-refractivity contribution in [3.63, 3.8) is 0 Å². The van der Waals surface area contributed by atoms with Gasteiger partial charge in [0, 0.05) is 5.92 Å². The van der Waals surface area contributed by atoms with Gasteiger partial charge in [-0.1, -0.05) is 0 Å². The summed E-state index contributed by atoms with van der Waals surface area (Å²) in [5.74, 6) is -2.14. The number of fused-ring (bicyclic) bond motifs is 9. The van der Waals surface area contributed by atoms with Crippen molar-refractivity contribution in [2.75, 3.05) is 0 Å². The minimum Gasteiger partial charge on any atom is -0.301 e. The second-order valence-electron chi connectivity index (χ2n) is 7.97. The van der Waals surface area contributed by atoms with Gasteiger partial charge >= 0.3 is 11.4 Å². The molecule has 0 aromatic rings. The zero-order valence-corrected chi connectivity index (χ0v) is 13.4. The third-order valence-corrected chi connectivity index (χ3v) is 8.04. The average Bonchev–Trinajstić information content (AvgIpc) is 3.22. The molecule has 0 spiro atoms. The maximum atomic E-state index is 15.0. The molecule has 9 heteroatoms. The third-order valence-electron chi connectivity index (χ3n) is 7.30. The van der Waals surface area contributed by atoms with Gasteiger partial charge in [0.05, 0.1) is 0 Å². The van der Waals surface area contributed by atoms with Gasteiger partial charge in [0.1, 0.15) is 0 Å². The van der Waals surface area contributed by atoms with Crippen LogP contribution in [0.15, 0.2) is 0 Å². The number of rotatable bonds is 3. The van der Waals surface area contributed by atoms with E-state index in [1.165, 1.54) is 0 Å². The van der Waals surface area contributed by atoms with E-state index >= 15 is 0 Å². The summed E-state index contributed by atoms with van der Waals surface area (Å²) >= 11 is -4.23. The molecule has 9 atom stereocenters. The Bertz CT molecular complexity index is 581. The molecule has 0 heterocycles. The summed E-state index contributed by atoms with van der Waals surface area (Å²) in [4.78, 5) is 0. The van der Waals surface area contributed by atoms with Crippen molar-refractivity contribution in [2.24, 2.45) is 41.4 Å². The summed E-state index contributed by atoms with van der Waals surface area (Å²) in [6, 6.07) is 0. The smallest absolute Gasteiger partial charge is 0.301 e. The van der Waals surface area contributed by atoms with Crippen LogP contribution in [0, 0.1) is 41.4 Å². The van der Waals surface area contributed by atoms with Gasteiger partial charge in [-0.25, -0.2) is 8.60 Å². The summed E-state index contributed by atoms with van der Waals surface area (Å²) in [6.07, 6.45) is -3.02. The predicted molar refractivity (Wildman–Crippen MR) is 73.1 cm³/mol. The highest BCUT2D eigenvalue weighted by molar-refractivity contribution is 7.80. The molecule has 1 N–H and O–H groups in total. The van der Waals surface area contributed by atoms with Gasteiger partial charge in [0.15, 0.2) is 0 Å². The molecule has 138 valence electrons. The lowest BCUT2D eigenvalue weighted by molar-refractivity contribution is -0.306. The Morgan fingerprint density at radius 1 is 0.833 bits per heavy atom. The largest absolute Gasteiger partial charge is 0.429 e. The number of alkyl halides is 6. The van der Waals surface area contributed by atoms with Gasteiger partial charge in [-0.3, -0.25) is 0 Å². The fraction of sp³-hybridized carbons (Fsp3) is 1.00. The van der Waals surface area contributed by atoms with Gasteiger partial charge < -0.3 is 4.55 Å². The Kier molecular flexibility index (Phi) is 3.49. The Hall–Kier alpha value is -0.310. The minimum absolute atomic E-state index is 0.132. The zero-order chi connectivity index (χ0) is 17.7.